The lowest BCUT2D eigenvalue weighted by Gasteiger charge is -2.00. The Balaban J connectivity index is 0.000000243. The van der Waals surface area contributed by atoms with E-state index in [-0.39, 0.29) is 15.6 Å². The second kappa shape index (κ2) is 7.56. The van der Waals surface area contributed by atoms with E-state index >= 15 is 0 Å². The molecule has 0 aliphatic carbocycles. The summed E-state index contributed by atoms with van der Waals surface area (Å²) >= 11 is 0. The van der Waals surface area contributed by atoms with E-state index in [2.05, 4.69) is 0 Å². The Morgan fingerprint density at radius 1 is 0.917 bits per heavy atom. The molecule has 130 valence electrons. The second-order valence-electron chi connectivity index (χ2n) is 5.00. The molecule has 0 heterocycles. The molecule has 0 aliphatic heterocycles. The zero-order chi connectivity index (χ0) is 18.5. The Morgan fingerprint density at radius 2 is 1.33 bits per heavy atom. The standard InChI is InChI=1S/C8H10N2O2S.C7H8O3S/c1-13(11,12)7-4-2-6(3-5-7)8(9)10;1-6-2-4-7(5-3-6)11(8,9)10/h2-5H,1H3,(H3,9,10);2-5H,1H3,(H,8,9,10). The fraction of sp³-hybridized carbons (Fsp3) is 0.133. The second-order valence-corrected chi connectivity index (χ2v) is 8.44. The molecule has 0 fully saturated rings. The van der Waals surface area contributed by atoms with Crippen LogP contribution in [0.4, 0.5) is 0 Å². The van der Waals surface area contributed by atoms with Crippen LogP contribution in [0.2, 0.25) is 0 Å². The number of nitrogens with two attached hydrogens (primary N) is 1. The predicted octanol–water partition coefficient (Wildman–Crippen LogP) is 1.62. The summed E-state index contributed by atoms with van der Waals surface area (Å²) < 4.78 is 51.6. The highest BCUT2D eigenvalue weighted by molar-refractivity contribution is 7.90. The summed E-state index contributed by atoms with van der Waals surface area (Å²) in [7, 11) is -7.18. The lowest BCUT2D eigenvalue weighted by atomic mass is 10.2. The van der Waals surface area contributed by atoms with E-state index in [0.717, 1.165) is 11.8 Å². The highest BCUT2D eigenvalue weighted by atomic mass is 32.2. The minimum absolute atomic E-state index is 0.0666. The Bertz CT molecular complexity index is 917. The number of aryl methyl sites for hydroxylation is 1. The average Bonchev–Trinajstić information content (AvgIpc) is 2.46. The molecule has 0 saturated heterocycles. The molecule has 0 aliphatic rings. The Labute approximate surface area is 141 Å². The molecular weight excluding hydrogens is 352 g/mol. The maximum atomic E-state index is 11.0. The number of nitrogens with one attached hydrogen (secondary N) is 1. The zero-order valence-electron chi connectivity index (χ0n) is 13.1. The third-order valence-electron chi connectivity index (χ3n) is 2.91. The van der Waals surface area contributed by atoms with Gasteiger partial charge in [0.2, 0.25) is 0 Å². The van der Waals surface area contributed by atoms with Crippen molar-refractivity contribution in [2.24, 2.45) is 5.73 Å². The molecule has 0 radical (unpaired) electrons. The largest absolute Gasteiger partial charge is 0.384 e. The first kappa shape index (κ1) is 19.8. The maximum absolute atomic E-state index is 11.0. The van der Waals surface area contributed by atoms with Crippen LogP contribution in [0.25, 0.3) is 0 Å². The molecule has 9 heteroatoms. The van der Waals surface area contributed by atoms with Gasteiger partial charge in [-0.2, -0.15) is 8.42 Å². The molecule has 0 unspecified atom stereocenters. The SMILES string of the molecule is CS(=O)(=O)c1ccc(C(=N)N)cc1.Cc1ccc(S(=O)(=O)O)cc1. The summed E-state index contributed by atoms with van der Waals surface area (Å²) in [6.07, 6.45) is 1.13. The summed E-state index contributed by atoms with van der Waals surface area (Å²) in [6.45, 7) is 1.84. The van der Waals surface area contributed by atoms with Crippen molar-refractivity contribution in [1.82, 2.24) is 0 Å². The van der Waals surface area contributed by atoms with Crippen LogP contribution in [0.1, 0.15) is 11.1 Å². The Hall–Kier alpha value is -2.23. The maximum Gasteiger partial charge on any atom is 0.294 e. The first-order valence-corrected chi connectivity index (χ1v) is 9.93. The number of sulfone groups is 1. The lowest BCUT2D eigenvalue weighted by Crippen LogP contribution is -2.11. The van der Waals surface area contributed by atoms with Gasteiger partial charge in [0, 0.05) is 11.8 Å². The van der Waals surface area contributed by atoms with Crippen LogP contribution < -0.4 is 5.73 Å². The molecule has 2 aromatic rings. The first-order chi connectivity index (χ1) is 10.9. The Kier molecular flexibility index (Phi) is 6.24. The van der Waals surface area contributed by atoms with Gasteiger partial charge < -0.3 is 5.73 Å². The van der Waals surface area contributed by atoms with Gasteiger partial charge in [0.05, 0.1) is 9.79 Å². The van der Waals surface area contributed by atoms with Gasteiger partial charge in [0.15, 0.2) is 9.84 Å². The molecule has 24 heavy (non-hydrogen) atoms. The van der Waals surface area contributed by atoms with Crippen LogP contribution in [0, 0.1) is 12.3 Å². The summed E-state index contributed by atoms with van der Waals surface area (Å²) in [4.78, 5) is 0.167. The van der Waals surface area contributed by atoms with Crippen molar-refractivity contribution in [3.63, 3.8) is 0 Å². The molecule has 0 atom stereocenters. The highest BCUT2D eigenvalue weighted by Crippen LogP contribution is 2.10. The normalized spacial score (nSPS) is 11.3. The van der Waals surface area contributed by atoms with E-state index < -0.39 is 20.0 Å². The molecule has 0 amide bonds. The van der Waals surface area contributed by atoms with Crippen LogP contribution in [0.5, 0.6) is 0 Å². The molecule has 2 aromatic carbocycles. The minimum atomic E-state index is -4.02. The molecule has 4 N–H and O–H groups in total. The van der Waals surface area contributed by atoms with Gasteiger partial charge in [0.1, 0.15) is 5.84 Å². The van der Waals surface area contributed by atoms with Crippen molar-refractivity contribution in [2.75, 3.05) is 6.26 Å². The third-order valence-corrected chi connectivity index (χ3v) is 4.91. The van der Waals surface area contributed by atoms with Crippen LogP contribution >= 0.6 is 0 Å². The van der Waals surface area contributed by atoms with E-state index in [1.165, 1.54) is 36.4 Å². The van der Waals surface area contributed by atoms with Crippen LogP contribution in [0.3, 0.4) is 0 Å². The van der Waals surface area contributed by atoms with Gasteiger partial charge in [-0.25, -0.2) is 8.42 Å². The van der Waals surface area contributed by atoms with E-state index in [1.807, 2.05) is 6.92 Å². The number of hydrogen-bond acceptors (Lipinski definition) is 5. The van der Waals surface area contributed by atoms with Crippen LogP contribution in [0.15, 0.2) is 58.3 Å². The van der Waals surface area contributed by atoms with E-state index in [4.69, 9.17) is 15.7 Å². The van der Waals surface area contributed by atoms with Crippen molar-refractivity contribution >= 4 is 25.8 Å². The van der Waals surface area contributed by atoms with Crippen molar-refractivity contribution in [3.8, 4) is 0 Å². The molecule has 0 bridgehead atoms. The molecule has 2 rings (SSSR count). The Morgan fingerprint density at radius 3 is 1.67 bits per heavy atom. The molecule has 0 saturated carbocycles. The average molecular weight is 370 g/mol. The number of hydrogen-bond donors (Lipinski definition) is 3. The first-order valence-electron chi connectivity index (χ1n) is 6.60. The number of rotatable bonds is 3. The monoisotopic (exact) mass is 370 g/mol. The molecule has 0 aromatic heterocycles. The predicted molar refractivity (Wildman–Crippen MR) is 91.6 cm³/mol. The van der Waals surface area contributed by atoms with Crippen molar-refractivity contribution in [1.29, 1.82) is 5.41 Å². The van der Waals surface area contributed by atoms with Gasteiger partial charge in [0.25, 0.3) is 10.1 Å². The summed E-state index contributed by atoms with van der Waals surface area (Å²) in [5, 5.41) is 7.09. The number of nitrogen functional groups attached to an aromatic ring is 1. The van der Waals surface area contributed by atoms with Crippen LogP contribution in [-0.4, -0.2) is 33.5 Å². The summed E-state index contributed by atoms with van der Waals surface area (Å²) in [6, 6.07) is 11.9. The quantitative estimate of drug-likeness (QED) is 0.426. The topological polar surface area (TPSA) is 138 Å². The van der Waals surface area contributed by atoms with Gasteiger partial charge in [-0.15, -0.1) is 0 Å². The van der Waals surface area contributed by atoms with Crippen molar-refractivity contribution < 1.29 is 21.4 Å². The summed E-state index contributed by atoms with van der Waals surface area (Å²) in [5.41, 5.74) is 6.68. The fourth-order valence-electron chi connectivity index (χ4n) is 1.59. The molecule has 7 nitrogen and oxygen atoms in total. The lowest BCUT2D eigenvalue weighted by molar-refractivity contribution is 0.483. The van der Waals surface area contributed by atoms with Gasteiger partial charge >= 0.3 is 0 Å². The highest BCUT2D eigenvalue weighted by Gasteiger charge is 2.07. The van der Waals surface area contributed by atoms with Gasteiger partial charge in [-0.3, -0.25) is 9.96 Å². The number of amidine groups is 1. The third kappa shape index (κ3) is 6.11. The van der Waals surface area contributed by atoms with Crippen LogP contribution in [-0.2, 0) is 20.0 Å². The number of benzene rings is 2. The minimum Gasteiger partial charge on any atom is -0.384 e. The molecular formula is C15H18N2O5S2. The van der Waals surface area contributed by atoms with Gasteiger partial charge in [-0.05, 0) is 31.2 Å². The van der Waals surface area contributed by atoms with Gasteiger partial charge in [-0.1, -0.05) is 29.8 Å². The van der Waals surface area contributed by atoms with Crippen molar-refractivity contribution in [3.05, 3.63) is 59.7 Å². The molecule has 0 spiro atoms. The van der Waals surface area contributed by atoms with Crippen molar-refractivity contribution in [2.45, 2.75) is 16.7 Å². The van der Waals surface area contributed by atoms with E-state index in [9.17, 15) is 16.8 Å². The fourth-order valence-corrected chi connectivity index (χ4v) is 2.70. The smallest absolute Gasteiger partial charge is 0.294 e. The summed E-state index contributed by atoms with van der Waals surface area (Å²) in [5.74, 6) is -0.0694. The van der Waals surface area contributed by atoms with E-state index in [1.54, 1.807) is 12.1 Å². The zero-order valence-corrected chi connectivity index (χ0v) is 14.7. The van der Waals surface area contributed by atoms with E-state index in [0.29, 0.717) is 5.56 Å².